The lowest BCUT2D eigenvalue weighted by atomic mass is 10.1. The molecule has 3 aromatic rings. The smallest absolute Gasteiger partial charge is 0.262 e. The molecule has 3 rings (SSSR count). The second kappa shape index (κ2) is 9.91. The summed E-state index contributed by atoms with van der Waals surface area (Å²) in [5.74, 6) is -1.04. The Hall–Kier alpha value is -2.26. The number of halogens is 3. The summed E-state index contributed by atoms with van der Waals surface area (Å²) in [5.41, 5.74) is 0.926. The van der Waals surface area contributed by atoms with E-state index in [1.54, 1.807) is 32.2 Å². The maximum atomic E-state index is 13.8. The molecule has 31 heavy (non-hydrogen) atoms. The van der Waals surface area contributed by atoms with E-state index in [4.69, 9.17) is 40.2 Å². The number of carbonyl (C=O) groups is 1. The van der Waals surface area contributed by atoms with E-state index in [0.717, 1.165) is 0 Å². The lowest BCUT2D eigenvalue weighted by molar-refractivity contribution is 0.0940. The summed E-state index contributed by atoms with van der Waals surface area (Å²) < 4.78 is 20.6. The number of aromatic amines is 1. The molecular formula is C21H20Cl2FN3O3S. The number of H-pyrrole nitrogens is 1. The van der Waals surface area contributed by atoms with Gasteiger partial charge >= 0.3 is 0 Å². The first-order chi connectivity index (χ1) is 14.7. The third-order valence-corrected chi connectivity index (χ3v) is 5.77. The molecule has 0 fully saturated rings. The van der Waals surface area contributed by atoms with Crippen LogP contribution in [0.15, 0.2) is 35.1 Å². The number of rotatable bonds is 7. The third-order valence-electron chi connectivity index (χ3n) is 4.83. The highest BCUT2D eigenvalue weighted by Crippen LogP contribution is 2.28. The first-order valence-corrected chi connectivity index (χ1v) is 10.6. The minimum atomic E-state index is -0.623. The molecular weight excluding hydrogens is 464 g/mol. The van der Waals surface area contributed by atoms with Gasteiger partial charge in [0.15, 0.2) is 4.77 Å². The van der Waals surface area contributed by atoms with E-state index < -0.39 is 17.8 Å². The number of amides is 1. The molecule has 1 amide bonds. The van der Waals surface area contributed by atoms with Crippen LogP contribution in [0.2, 0.25) is 10.0 Å². The number of benzene rings is 2. The molecule has 0 aliphatic heterocycles. The second-order valence-corrected chi connectivity index (χ2v) is 8.18. The summed E-state index contributed by atoms with van der Waals surface area (Å²) in [5, 5.41) is 3.34. The Kier molecular flexibility index (Phi) is 7.48. The number of carbonyl (C=O) groups excluding carboxylic acids is 1. The van der Waals surface area contributed by atoms with E-state index in [9.17, 15) is 14.0 Å². The first-order valence-electron chi connectivity index (χ1n) is 9.44. The zero-order valence-electron chi connectivity index (χ0n) is 16.8. The summed E-state index contributed by atoms with van der Waals surface area (Å²) in [7, 11) is 1.59. The van der Waals surface area contributed by atoms with Crippen LogP contribution < -0.4 is 10.9 Å². The van der Waals surface area contributed by atoms with Crippen molar-refractivity contribution in [1.82, 2.24) is 14.9 Å². The zero-order chi connectivity index (χ0) is 22.7. The fourth-order valence-corrected chi connectivity index (χ4v) is 4.02. The molecule has 6 nitrogen and oxygen atoms in total. The molecule has 0 saturated heterocycles. The molecule has 1 atom stereocenters. The molecule has 0 spiro atoms. The summed E-state index contributed by atoms with van der Waals surface area (Å²) in [6.45, 7) is 2.62. The quantitative estimate of drug-likeness (QED) is 0.280. The predicted octanol–water partition coefficient (Wildman–Crippen LogP) is 5.03. The van der Waals surface area contributed by atoms with Gasteiger partial charge in [-0.1, -0.05) is 23.2 Å². The summed E-state index contributed by atoms with van der Waals surface area (Å²) >= 11 is 17.2. The molecule has 0 aliphatic rings. The molecule has 2 aromatic carbocycles. The van der Waals surface area contributed by atoms with Crippen LogP contribution >= 0.6 is 35.4 Å². The molecule has 0 bridgehead atoms. The van der Waals surface area contributed by atoms with Gasteiger partial charge in [-0.05, 0) is 61.5 Å². The fourth-order valence-electron chi connectivity index (χ4n) is 3.19. The van der Waals surface area contributed by atoms with Crippen molar-refractivity contribution in [2.24, 2.45) is 0 Å². The number of nitrogens with one attached hydrogen (secondary N) is 2. The van der Waals surface area contributed by atoms with Crippen LogP contribution in [0, 0.1) is 10.6 Å². The van der Waals surface area contributed by atoms with Crippen molar-refractivity contribution in [1.29, 1.82) is 0 Å². The van der Waals surface area contributed by atoms with Crippen molar-refractivity contribution >= 4 is 52.2 Å². The van der Waals surface area contributed by atoms with Crippen LogP contribution in [0.4, 0.5) is 4.39 Å². The fraction of sp³-hybridized carbons (Fsp3) is 0.286. The van der Waals surface area contributed by atoms with Gasteiger partial charge in [0.2, 0.25) is 0 Å². The zero-order valence-corrected chi connectivity index (χ0v) is 19.1. The van der Waals surface area contributed by atoms with E-state index in [2.05, 4.69) is 10.3 Å². The average molecular weight is 484 g/mol. The van der Waals surface area contributed by atoms with Gasteiger partial charge in [0.25, 0.3) is 11.5 Å². The molecule has 1 heterocycles. The molecule has 10 heteroatoms. The Labute approximate surface area is 192 Å². The van der Waals surface area contributed by atoms with Crippen molar-refractivity contribution in [3.8, 4) is 0 Å². The first kappa shape index (κ1) is 23.4. The summed E-state index contributed by atoms with van der Waals surface area (Å²) in [4.78, 5) is 28.5. The molecule has 0 radical (unpaired) electrons. The predicted molar refractivity (Wildman–Crippen MR) is 122 cm³/mol. The van der Waals surface area contributed by atoms with Gasteiger partial charge in [0.05, 0.1) is 22.0 Å². The van der Waals surface area contributed by atoms with E-state index in [0.29, 0.717) is 41.6 Å². The summed E-state index contributed by atoms with van der Waals surface area (Å²) in [6, 6.07) is 6.59. The molecule has 2 N–H and O–H groups in total. The Morgan fingerprint density at radius 1 is 1.29 bits per heavy atom. The molecule has 1 aromatic heterocycles. The Balaban J connectivity index is 1.87. The number of hydrogen-bond donors (Lipinski definition) is 2. The van der Waals surface area contributed by atoms with E-state index >= 15 is 0 Å². The van der Waals surface area contributed by atoms with Crippen molar-refractivity contribution in [2.75, 3.05) is 13.7 Å². The van der Waals surface area contributed by atoms with Crippen LogP contribution in [0.25, 0.3) is 10.9 Å². The van der Waals surface area contributed by atoms with Gasteiger partial charge in [-0.3, -0.25) is 14.2 Å². The highest BCUT2D eigenvalue weighted by molar-refractivity contribution is 7.71. The van der Waals surface area contributed by atoms with Gasteiger partial charge in [-0.15, -0.1) is 0 Å². The van der Waals surface area contributed by atoms with Gasteiger partial charge in [-0.25, -0.2) is 4.39 Å². The maximum absolute atomic E-state index is 13.8. The van der Waals surface area contributed by atoms with Gasteiger partial charge in [0, 0.05) is 30.8 Å². The van der Waals surface area contributed by atoms with Gasteiger partial charge < -0.3 is 15.0 Å². The lowest BCUT2D eigenvalue weighted by Crippen LogP contribution is -2.27. The standard InChI is InChI=1S/C21H20Cl2FN3O3S/c1-11(14-9-17(24)16(23)10-15(14)22)25-19(28)12-4-5-13-18(8-12)26-21(31)27(20(13)29)6-3-7-30-2/h4-5,8-11H,3,6-7H2,1-2H3,(H,25,28)(H,26,31). The number of hydrogen-bond acceptors (Lipinski definition) is 4. The molecule has 1 unspecified atom stereocenters. The topological polar surface area (TPSA) is 76.1 Å². The monoisotopic (exact) mass is 483 g/mol. The van der Waals surface area contributed by atoms with Crippen LogP contribution in [0.3, 0.4) is 0 Å². The number of aromatic nitrogens is 2. The van der Waals surface area contributed by atoms with E-state index in [1.165, 1.54) is 16.7 Å². The van der Waals surface area contributed by atoms with Crippen molar-refractivity contribution in [2.45, 2.75) is 25.9 Å². The Bertz CT molecular complexity index is 1260. The average Bonchev–Trinajstić information content (AvgIpc) is 2.72. The van der Waals surface area contributed by atoms with E-state index in [-0.39, 0.29) is 20.4 Å². The number of nitrogens with zero attached hydrogens (tertiary/aromatic N) is 1. The maximum Gasteiger partial charge on any atom is 0.262 e. The lowest BCUT2D eigenvalue weighted by Gasteiger charge is -2.17. The van der Waals surface area contributed by atoms with Crippen molar-refractivity contribution in [3.05, 3.63) is 72.4 Å². The molecule has 164 valence electrons. The van der Waals surface area contributed by atoms with Crippen LogP contribution in [-0.4, -0.2) is 29.2 Å². The highest BCUT2D eigenvalue weighted by Gasteiger charge is 2.17. The SMILES string of the molecule is COCCCn1c(=S)[nH]c2cc(C(=O)NC(C)c3cc(F)c(Cl)cc3Cl)ccc2c1=O. The number of ether oxygens (including phenoxy) is 1. The largest absolute Gasteiger partial charge is 0.385 e. The normalized spacial score (nSPS) is 12.2. The third kappa shape index (κ3) is 5.15. The summed E-state index contributed by atoms with van der Waals surface area (Å²) in [6.07, 6.45) is 0.644. The van der Waals surface area contributed by atoms with Crippen molar-refractivity contribution < 1.29 is 13.9 Å². The minimum Gasteiger partial charge on any atom is -0.385 e. The van der Waals surface area contributed by atoms with Gasteiger partial charge in [0.1, 0.15) is 5.82 Å². The Morgan fingerprint density at radius 3 is 2.74 bits per heavy atom. The number of fused-ring (bicyclic) bond motifs is 1. The van der Waals surface area contributed by atoms with Crippen LogP contribution in [-0.2, 0) is 11.3 Å². The Morgan fingerprint density at radius 2 is 2.03 bits per heavy atom. The molecule has 0 saturated carbocycles. The van der Waals surface area contributed by atoms with Crippen LogP contribution in [0.1, 0.15) is 35.3 Å². The van der Waals surface area contributed by atoms with E-state index in [1.807, 2.05) is 0 Å². The highest BCUT2D eigenvalue weighted by atomic mass is 35.5. The van der Waals surface area contributed by atoms with Crippen molar-refractivity contribution in [3.63, 3.8) is 0 Å². The second-order valence-electron chi connectivity index (χ2n) is 6.98. The number of methoxy groups -OCH3 is 1. The van der Waals surface area contributed by atoms with Gasteiger partial charge in [-0.2, -0.15) is 0 Å². The van der Waals surface area contributed by atoms with Crippen LogP contribution in [0.5, 0.6) is 0 Å². The minimum absolute atomic E-state index is 0.0926. The molecule has 0 aliphatic carbocycles.